The van der Waals surface area contributed by atoms with Crippen LogP contribution < -0.4 is 5.32 Å². The molecule has 1 N–H and O–H groups in total. The third-order valence-corrected chi connectivity index (χ3v) is 6.30. The van der Waals surface area contributed by atoms with Crippen LogP contribution in [0, 0.1) is 12.7 Å². The maximum Gasteiger partial charge on any atom is 0.272 e. The largest absolute Gasteiger partial charge is 0.366 e. The van der Waals surface area contributed by atoms with Crippen molar-refractivity contribution in [2.24, 2.45) is 0 Å². The predicted octanol–water partition coefficient (Wildman–Crippen LogP) is 1.80. The van der Waals surface area contributed by atoms with Crippen molar-refractivity contribution in [1.29, 1.82) is 0 Å². The number of aromatic nitrogens is 2. The molecule has 1 saturated heterocycles. The molecule has 0 bridgehead atoms. The molecule has 0 radical (unpaired) electrons. The summed E-state index contributed by atoms with van der Waals surface area (Å²) in [7, 11) is -1.51. The molecule has 7 nitrogen and oxygen atoms in total. The maximum absolute atomic E-state index is 13.7. The Hall–Kier alpha value is -2.55. The van der Waals surface area contributed by atoms with Crippen molar-refractivity contribution in [2.75, 3.05) is 23.9 Å². The lowest BCUT2D eigenvalue weighted by atomic mass is 10.2. The minimum absolute atomic E-state index is 0.0301. The summed E-state index contributed by atoms with van der Waals surface area (Å²) in [6.07, 6.45) is 0.424. The van der Waals surface area contributed by atoms with Gasteiger partial charge in [-0.25, -0.2) is 22.8 Å². The standard InChI is InChI=1S/C18H21FN4O3S/c1-12-21-16(18(24)23(2)14-7-8-27(25,26)11-14)9-17(22-12)20-10-13-5-3-4-6-15(13)19/h3-6,9,14H,7-8,10-11H2,1-2H3,(H,20,21,22). The zero-order chi connectivity index (χ0) is 19.6. The first-order valence-electron chi connectivity index (χ1n) is 8.56. The molecule has 27 heavy (non-hydrogen) atoms. The number of nitrogens with zero attached hydrogens (tertiary/aromatic N) is 3. The van der Waals surface area contributed by atoms with Crippen molar-refractivity contribution in [2.45, 2.75) is 25.9 Å². The SMILES string of the molecule is Cc1nc(NCc2ccccc2F)cc(C(=O)N(C)C2CCS(=O)(=O)C2)n1. The van der Waals surface area contributed by atoms with Crippen LogP contribution in [0.3, 0.4) is 0 Å². The Morgan fingerprint density at radius 2 is 2.07 bits per heavy atom. The summed E-state index contributed by atoms with van der Waals surface area (Å²) < 4.78 is 37.0. The van der Waals surface area contributed by atoms with Crippen molar-refractivity contribution in [1.82, 2.24) is 14.9 Å². The number of sulfone groups is 1. The summed E-state index contributed by atoms with van der Waals surface area (Å²) in [6.45, 7) is 1.87. The highest BCUT2D eigenvalue weighted by molar-refractivity contribution is 7.91. The van der Waals surface area contributed by atoms with E-state index in [0.717, 1.165) is 0 Å². The number of carbonyl (C=O) groups is 1. The summed E-state index contributed by atoms with van der Waals surface area (Å²) in [5, 5.41) is 3.00. The van der Waals surface area contributed by atoms with Crippen molar-refractivity contribution in [3.8, 4) is 0 Å². The number of amides is 1. The molecule has 1 atom stereocenters. The highest BCUT2D eigenvalue weighted by Crippen LogP contribution is 2.19. The van der Waals surface area contributed by atoms with Gasteiger partial charge < -0.3 is 10.2 Å². The van der Waals surface area contributed by atoms with Gasteiger partial charge in [0.2, 0.25) is 0 Å². The Morgan fingerprint density at radius 3 is 2.74 bits per heavy atom. The van der Waals surface area contributed by atoms with E-state index >= 15 is 0 Å². The van der Waals surface area contributed by atoms with Crippen LogP contribution in [-0.2, 0) is 16.4 Å². The number of hydrogen-bond donors (Lipinski definition) is 1. The molecular formula is C18H21FN4O3S. The molecule has 2 heterocycles. The Kier molecular flexibility index (Phi) is 5.41. The molecule has 3 rings (SSSR count). The molecule has 0 saturated carbocycles. The number of halogens is 1. The van der Waals surface area contributed by atoms with E-state index in [2.05, 4.69) is 15.3 Å². The quantitative estimate of drug-likeness (QED) is 0.834. The predicted molar refractivity (Wildman–Crippen MR) is 99.6 cm³/mol. The molecule has 1 aromatic heterocycles. The van der Waals surface area contributed by atoms with E-state index in [1.807, 2.05) is 0 Å². The van der Waals surface area contributed by atoms with Crippen LogP contribution in [0.15, 0.2) is 30.3 Å². The first-order chi connectivity index (χ1) is 12.7. The van der Waals surface area contributed by atoms with E-state index in [-0.39, 0.29) is 41.5 Å². The number of carbonyl (C=O) groups excluding carboxylic acids is 1. The van der Waals surface area contributed by atoms with Gasteiger partial charge in [-0.2, -0.15) is 0 Å². The van der Waals surface area contributed by atoms with Crippen LogP contribution in [0.25, 0.3) is 0 Å². The van der Waals surface area contributed by atoms with Crippen LogP contribution in [0.4, 0.5) is 10.2 Å². The van der Waals surface area contributed by atoms with E-state index < -0.39 is 9.84 Å². The second kappa shape index (κ2) is 7.59. The molecule has 1 fully saturated rings. The van der Waals surface area contributed by atoms with Crippen molar-refractivity contribution in [3.63, 3.8) is 0 Å². The fraction of sp³-hybridized carbons (Fsp3) is 0.389. The number of benzene rings is 1. The molecule has 1 aromatic carbocycles. The topological polar surface area (TPSA) is 92.3 Å². The van der Waals surface area contributed by atoms with Crippen LogP contribution in [0.1, 0.15) is 28.3 Å². The third-order valence-electron chi connectivity index (χ3n) is 4.55. The van der Waals surface area contributed by atoms with Crippen LogP contribution in [-0.4, -0.2) is 53.8 Å². The van der Waals surface area contributed by atoms with E-state index in [1.165, 1.54) is 17.0 Å². The average Bonchev–Trinajstić information content (AvgIpc) is 2.99. The second-order valence-corrected chi connectivity index (χ2v) is 8.83. The molecule has 0 spiro atoms. The lowest BCUT2D eigenvalue weighted by Crippen LogP contribution is -2.38. The smallest absolute Gasteiger partial charge is 0.272 e. The fourth-order valence-corrected chi connectivity index (χ4v) is 4.80. The minimum atomic E-state index is -3.09. The number of rotatable bonds is 5. The number of aryl methyl sites for hydroxylation is 1. The molecule has 1 amide bonds. The summed E-state index contributed by atoms with van der Waals surface area (Å²) in [5.41, 5.74) is 0.653. The van der Waals surface area contributed by atoms with Crippen LogP contribution in [0.2, 0.25) is 0 Å². The molecule has 0 aliphatic carbocycles. The van der Waals surface area contributed by atoms with Crippen LogP contribution >= 0.6 is 0 Å². The van der Waals surface area contributed by atoms with Gasteiger partial charge in [0.25, 0.3) is 5.91 Å². The van der Waals surface area contributed by atoms with Crippen molar-refractivity contribution in [3.05, 3.63) is 53.2 Å². The van der Waals surface area contributed by atoms with E-state index in [1.54, 1.807) is 32.2 Å². The van der Waals surface area contributed by atoms with Gasteiger partial charge in [-0.05, 0) is 19.4 Å². The van der Waals surface area contributed by atoms with Gasteiger partial charge in [-0.15, -0.1) is 0 Å². The molecule has 1 aliphatic heterocycles. The first kappa shape index (κ1) is 19.2. The van der Waals surface area contributed by atoms with Gasteiger partial charge in [-0.1, -0.05) is 18.2 Å². The van der Waals surface area contributed by atoms with Gasteiger partial charge in [0.05, 0.1) is 11.5 Å². The molecule has 144 valence electrons. The molecular weight excluding hydrogens is 371 g/mol. The second-order valence-electron chi connectivity index (χ2n) is 6.60. The summed E-state index contributed by atoms with van der Waals surface area (Å²) >= 11 is 0. The zero-order valence-corrected chi connectivity index (χ0v) is 16.0. The normalized spacial score (nSPS) is 18.3. The van der Waals surface area contributed by atoms with Gasteiger partial charge in [0, 0.05) is 31.3 Å². The van der Waals surface area contributed by atoms with Crippen LogP contribution in [0.5, 0.6) is 0 Å². The minimum Gasteiger partial charge on any atom is -0.366 e. The summed E-state index contributed by atoms with van der Waals surface area (Å²) in [6, 6.07) is 7.54. The molecule has 1 aliphatic rings. The Labute approximate surface area is 157 Å². The number of nitrogens with one attached hydrogen (secondary N) is 1. The zero-order valence-electron chi connectivity index (χ0n) is 15.1. The van der Waals surface area contributed by atoms with Gasteiger partial charge in [-0.3, -0.25) is 4.79 Å². The Morgan fingerprint density at radius 1 is 1.33 bits per heavy atom. The Bertz CT molecular complexity index is 965. The van der Waals surface area contributed by atoms with E-state index in [0.29, 0.717) is 23.6 Å². The van der Waals surface area contributed by atoms with E-state index in [4.69, 9.17) is 0 Å². The number of anilines is 1. The fourth-order valence-electron chi connectivity index (χ4n) is 3.02. The maximum atomic E-state index is 13.7. The van der Waals surface area contributed by atoms with E-state index in [9.17, 15) is 17.6 Å². The van der Waals surface area contributed by atoms with Gasteiger partial charge in [0.15, 0.2) is 9.84 Å². The van der Waals surface area contributed by atoms with Crippen molar-refractivity contribution >= 4 is 21.6 Å². The summed E-state index contributed by atoms with van der Waals surface area (Å²) in [4.78, 5) is 22.6. The monoisotopic (exact) mass is 392 g/mol. The third kappa shape index (κ3) is 4.60. The average molecular weight is 392 g/mol. The molecule has 1 unspecified atom stereocenters. The molecule has 2 aromatic rings. The van der Waals surface area contributed by atoms with Gasteiger partial charge >= 0.3 is 0 Å². The van der Waals surface area contributed by atoms with Gasteiger partial charge in [0.1, 0.15) is 23.2 Å². The highest BCUT2D eigenvalue weighted by atomic mass is 32.2. The van der Waals surface area contributed by atoms with Crippen molar-refractivity contribution < 1.29 is 17.6 Å². The molecule has 9 heteroatoms. The summed E-state index contributed by atoms with van der Waals surface area (Å²) in [5.74, 6) is 0.169. The first-order valence-corrected chi connectivity index (χ1v) is 10.4. The highest BCUT2D eigenvalue weighted by Gasteiger charge is 2.33. The Balaban J connectivity index is 1.74. The lowest BCUT2D eigenvalue weighted by Gasteiger charge is -2.23. The lowest BCUT2D eigenvalue weighted by molar-refractivity contribution is 0.0741. The number of hydrogen-bond acceptors (Lipinski definition) is 6.